The first-order valence-electron chi connectivity index (χ1n) is 1.06. The van der Waals surface area contributed by atoms with Gasteiger partial charge in [0.2, 0.25) is 0 Å². The molecule has 0 unspecified atom stereocenters. The van der Waals surface area contributed by atoms with Crippen LogP contribution in [0.1, 0.15) is 0 Å². The quantitative estimate of drug-likeness (QED) is 0.446. The minimum Gasteiger partial charge on any atom is -0.135 e. The molecule has 1 aromatic heterocycles. The maximum absolute atomic E-state index is 3.31. The SMILES string of the molecule is [c]1nn[c]s1. The van der Waals surface area contributed by atoms with Crippen LogP contribution in [0.5, 0.6) is 0 Å². The van der Waals surface area contributed by atoms with Gasteiger partial charge < -0.3 is 0 Å². The molecule has 0 bridgehead atoms. The Morgan fingerprint density at radius 3 is 2.00 bits per heavy atom. The second-order valence-corrected chi connectivity index (χ2v) is 1.05. The Morgan fingerprint density at radius 2 is 1.80 bits per heavy atom. The standard InChI is InChI=1S/C2N2S/c1-3-4-2-5-1. The van der Waals surface area contributed by atoms with Crippen LogP contribution in [-0.4, -0.2) is 10.2 Å². The van der Waals surface area contributed by atoms with Gasteiger partial charge in [-0.25, -0.2) is 0 Å². The first-order chi connectivity index (χ1) is 2.50. The van der Waals surface area contributed by atoms with Crippen LogP contribution in [0, 0.1) is 11.0 Å². The van der Waals surface area contributed by atoms with Crippen molar-refractivity contribution in [3.8, 4) is 0 Å². The lowest BCUT2D eigenvalue weighted by molar-refractivity contribution is 1.08. The van der Waals surface area contributed by atoms with Gasteiger partial charge in [0, 0.05) is 0 Å². The molecule has 0 aromatic carbocycles. The number of hydrogen-bond acceptors (Lipinski definition) is 3. The fourth-order valence-corrected chi connectivity index (χ4v) is 0.306. The van der Waals surface area contributed by atoms with Crippen LogP contribution in [0.4, 0.5) is 0 Å². The Labute approximate surface area is 33.5 Å². The number of nitrogens with zero attached hydrogens (tertiary/aromatic N) is 2. The summed E-state index contributed by atoms with van der Waals surface area (Å²) in [4.78, 5) is 0. The van der Waals surface area contributed by atoms with Gasteiger partial charge in [-0.05, 0) is 0 Å². The van der Waals surface area contributed by atoms with Gasteiger partial charge >= 0.3 is 0 Å². The lowest BCUT2D eigenvalue weighted by atomic mass is 11.6. The van der Waals surface area contributed by atoms with Crippen LogP contribution in [0.25, 0.3) is 0 Å². The molecule has 0 saturated heterocycles. The number of rotatable bonds is 0. The summed E-state index contributed by atoms with van der Waals surface area (Å²) in [5.74, 6) is 0. The molecule has 0 spiro atoms. The van der Waals surface area contributed by atoms with E-state index in [4.69, 9.17) is 0 Å². The fraction of sp³-hybridized carbons (Fsp3) is 0. The average Bonchev–Trinajstić information content (AvgIpc) is 1.76. The van der Waals surface area contributed by atoms with Gasteiger partial charge in [-0.15, -0.1) is 10.2 Å². The van der Waals surface area contributed by atoms with Crippen molar-refractivity contribution in [2.75, 3.05) is 0 Å². The number of aromatic nitrogens is 2. The Hall–Kier alpha value is -0.440. The average molecular weight is 84.1 g/mol. The molecule has 0 aliphatic heterocycles. The Kier molecular flexibility index (Phi) is 0.624. The van der Waals surface area contributed by atoms with Crippen molar-refractivity contribution in [2.45, 2.75) is 0 Å². The molecule has 1 rings (SSSR count). The predicted molar refractivity (Wildman–Crippen MR) is 17.6 cm³/mol. The maximum Gasteiger partial charge on any atom is 0.179 e. The summed E-state index contributed by atoms with van der Waals surface area (Å²) in [6, 6.07) is 0. The van der Waals surface area contributed by atoms with Crippen LogP contribution in [0.2, 0.25) is 0 Å². The maximum atomic E-state index is 3.31. The zero-order chi connectivity index (χ0) is 3.54. The topological polar surface area (TPSA) is 25.8 Å². The summed E-state index contributed by atoms with van der Waals surface area (Å²) in [6.07, 6.45) is 0. The molecule has 0 fully saturated rings. The highest BCUT2D eigenvalue weighted by Crippen LogP contribution is 1.77. The minimum atomic E-state index is 1.24. The monoisotopic (exact) mass is 84.0 g/mol. The predicted octanol–water partition coefficient (Wildman–Crippen LogP) is 0.138. The van der Waals surface area contributed by atoms with E-state index in [-0.39, 0.29) is 0 Å². The summed E-state index contributed by atoms with van der Waals surface area (Å²) >= 11 is 1.24. The van der Waals surface area contributed by atoms with Crippen molar-refractivity contribution in [3.05, 3.63) is 11.0 Å². The first kappa shape index (κ1) is 2.78. The van der Waals surface area contributed by atoms with Gasteiger partial charge in [0.25, 0.3) is 0 Å². The highest BCUT2D eigenvalue weighted by molar-refractivity contribution is 7.06. The third kappa shape index (κ3) is 0.417. The smallest absolute Gasteiger partial charge is 0.135 e. The summed E-state index contributed by atoms with van der Waals surface area (Å²) in [7, 11) is 0. The second-order valence-electron chi connectivity index (χ2n) is 0.485. The van der Waals surface area contributed by atoms with E-state index in [0.29, 0.717) is 0 Å². The third-order valence-electron chi connectivity index (χ3n) is 0.223. The van der Waals surface area contributed by atoms with E-state index in [1.54, 1.807) is 0 Å². The molecule has 2 radical (unpaired) electrons. The molecule has 0 amide bonds. The van der Waals surface area contributed by atoms with E-state index in [9.17, 15) is 0 Å². The lowest BCUT2D eigenvalue weighted by Gasteiger charge is -1.38. The Morgan fingerprint density at radius 1 is 1.20 bits per heavy atom. The third-order valence-corrected chi connectivity index (χ3v) is 0.569. The lowest BCUT2D eigenvalue weighted by Crippen LogP contribution is -1.55. The van der Waals surface area contributed by atoms with E-state index in [1.807, 2.05) is 0 Å². The summed E-state index contributed by atoms with van der Waals surface area (Å²) in [5, 5.41) is 6.62. The summed E-state index contributed by atoms with van der Waals surface area (Å²) in [5.41, 5.74) is 4.97. The molecule has 1 aromatic rings. The van der Waals surface area contributed by atoms with Gasteiger partial charge in [0.15, 0.2) is 11.0 Å². The first-order valence-corrected chi connectivity index (χ1v) is 1.87. The van der Waals surface area contributed by atoms with Gasteiger partial charge in [0.05, 0.1) is 0 Å². The largest absolute Gasteiger partial charge is 0.179 e. The van der Waals surface area contributed by atoms with E-state index in [0.717, 1.165) is 0 Å². The molecule has 24 valence electrons. The minimum absolute atomic E-state index is 1.24. The van der Waals surface area contributed by atoms with E-state index in [1.165, 1.54) is 11.3 Å². The van der Waals surface area contributed by atoms with Crippen LogP contribution in [-0.2, 0) is 0 Å². The molecular weight excluding hydrogens is 84.1 g/mol. The van der Waals surface area contributed by atoms with Crippen LogP contribution < -0.4 is 0 Å². The normalized spacial score (nSPS) is 8.00. The zero-order valence-electron chi connectivity index (χ0n) is 2.30. The molecule has 0 atom stereocenters. The molecule has 0 N–H and O–H groups in total. The highest BCUT2D eigenvalue weighted by atomic mass is 32.1. The highest BCUT2D eigenvalue weighted by Gasteiger charge is 1.64. The van der Waals surface area contributed by atoms with Crippen molar-refractivity contribution in [1.82, 2.24) is 10.2 Å². The second kappa shape index (κ2) is 1.12. The Bertz CT molecular complexity index is 64.1. The van der Waals surface area contributed by atoms with Crippen LogP contribution >= 0.6 is 11.3 Å². The van der Waals surface area contributed by atoms with Gasteiger partial charge in [-0.3, -0.25) is 0 Å². The number of hydrogen-bond donors (Lipinski definition) is 0. The molecule has 0 saturated carbocycles. The summed E-state index contributed by atoms with van der Waals surface area (Å²) < 4.78 is 0. The molecule has 0 aliphatic carbocycles. The molecule has 1 heterocycles. The molecular formula is C2N2S. The van der Waals surface area contributed by atoms with E-state index < -0.39 is 0 Å². The summed E-state index contributed by atoms with van der Waals surface area (Å²) in [6.45, 7) is 0. The van der Waals surface area contributed by atoms with Gasteiger partial charge in [-0.2, -0.15) is 0 Å². The fourth-order valence-electron chi connectivity index (χ4n) is 0.102. The van der Waals surface area contributed by atoms with Crippen molar-refractivity contribution >= 4 is 11.3 Å². The van der Waals surface area contributed by atoms with Crippen molar-refractivity contribution in [2.24, 2.45) is 0 Å². The van der Waals surface area contributed by atoms with Gasteiger partial charge in [0.1, 0.15) is 0 Å². The zero-order valence-corrected chi connectivity index (χ0v) is 3.12. The van der Waals surface area contributed by atoms with Gasteiger partial charge in [-0.1, -0.05) is 11.3 Å². The van der Waals surface area contributed by atoms with E-state index in [2.05, 4.69) is 21.2 Å². The Balaban J connectivity index is 3.13. The van der Waals surface area contributed by atoms with E-state index >= 15 is 0 Å². The van der Waals surface area contributed by atoms with Crippen molar-refractivity contribution < 1.29 is 0 Å². The molecule has 2 nitrogen and oxygen atoms in total. The van der Waals surface area contributed by atoms with Crippen molar-refractivity contribution in [3.63, 3.8) is 0 Å². The molecule has 5 heavy (non-hydrogen) atoms. The molecule has 0 aliphatic rings. The van der Waals surface area contributed by atoms with Crippen molar-refractivity contribution in [1.29, 1.82) is 0 Å². The molecule has 3 heteroatoms. The van der Waals surface area contributed by atoms with Crippen LogP contribution in [0.3, 0.4) is 0 Å². The van der Waals surface area contributed by atoms with Crippen LogP contribution in [0.15, 0.2) is 0 Å².